The minimum Gasteiger partial charge on any atom is -0.348 e. The molecule has 0 unspecified atom stereocenters. The Labute approximate surface area is 113 Å². The molecule has 4 heteroatoms. The highest BCUT2D eigenvalue weighted by molar-refractivity contribution is 5.98. The van der Waals surface area contributed by atoms with Crippen molar-refractivity contribution in [3.05, 3.63) is 41.0 Å². The molecule has 2 aromatic heterocycles. The highest BCUT2D eigenvalue weighted by atomic mass is 16.1. The Kier molecular flexibility index (Phi) is 3.01. The molecule has 1 aliphatic carbocycles. The van der Waals surface area contributed by atoms with Crippen LogP contribution in [0.25, 0.3) is 0 Å². The molecule has 0 amide bonds. The predicted octanol–water partition coefficient (Wildman–Crippen LogP) is 2.29. The third kappa shape index (κ3) is 2.23. The first-order chi connectivity index (χ1) is 9.15. The van der Waals surface area contributed by atoms with E-state index in [-0.39, 0.29) is 0 Å². The minimum atomic E-state index is 0.310. The molecule has 19 heavy (non-hydrogen) atoms. The van der Waals surface area contributed by atoms with Gasteiger partial charge in [-0.3, -0.25) is 9.48 Å². The number of aryl methyl sites for hydroxylation is 3. The smallest absolute Gasteiger partial charge is 0.164 e. The third-order valence-corrected chi connectivity index (χ3v) is 3.92. The zero-order valence-electron chi connectivity index (χ0n) is 11.5. The largest absolute Gasteiger partial charge is 0.348 e. The Morgan fingerprint density at radius 3 is 2.95 bits per heavy atom. The summed E-state index contributed by atoms with van der Waals surface area (Å²) in [5.41, 5.74) is 4.63. The fourth-order valence-corrected chi connectivity index (χ4v) is 2.94. The quantitative estimate of drug-likeness (QED) is 0.846. The maximum absolute atomic E-state index is 11.9. The second-order valence-corrected chi connectivity index (χ2v) is 5.35. The zero-order valence-corrected chi connectivity index (χ0v) is 11.5. The maximum atomic E-state index is 11.9. The molecule has 2 heterocycles. The van der Waals surface area contributed by atoms with Crippen molar-refractivity contribution >= 4 is 5.78 Å². The summed E-state index contributed by atoms with van der Waals surface area (Å²) in [5.74, 6) is 0.310. The Morgan fingerprint density at radius 1 is 1.37 bits per heavy atom. The minimum absolute atomic E-state index is 0.310. The van der Waals surface area contributed by atoms with Gasteiger partial charge in [0.15, 0.2) is 5.78 Å². The van der Waals surface area contributed by atoms with Crippen LogP contribution in [0.1, 0.15) is 40.2 Å². The summed E-state index contributed by atoms with van der Waals surface area (Å²) in [4.78, 5) is 11.9. The molecule has 2 aromatic rings. The van der Waals surface area contributed by atoms with Crippen LogP contribution in [0.3, 0.4) is 0 Å². The number of Topliss-reactive ketones (excluding diaryl/α,β-unsaturated/α-hetero) is 1. The van der Waals surface area contributed by atoms with Crippen molar-refractivity contribution < 1.29 is 4.79 Å². The number of fused-ring (bicyclic) bond motifs is 1. The molecule has 0 N–H and O–H groups in total. The number of carbonyl (C=O) groups is 1. The third-order valence-electron chi connectivity index (χ3n) is 3.92. The van der Waals surface area contributed by atoms with Crippen LogP contribution in [0.15, 0.2) is 18.5 Å². The van der Waals surface area contributed by atoms with E-state index < -0.39 is 0 Å². The summed E-state index contributed by atoms with van der Waals surface area (Å²) in [6.07, 6.45) is 7.65. The van der Waals surface area contributed by atoms with E-state index in [2.05, 4.69) is 28.9 Å². The van der Waals surface area contributed by atoms with Crippen LogP contribution in [0.4, 0.5) is 0 Å². The van der Waals surface area contributed by atoms with Gasteiger partial charge >= 0.3 is 0 Å². The van der Waals surface area contributed by atoms with Gasteiger partial charge in [-0.15, -0.1) is 0 Å². The SMILES string of the molecule is Cc1cc2c(n1CCc1cnn(C)c1)CCCC2=O. The first kappa shape index (κ1) is 12.2. The lowest BCUT2D eigenvalue weighted by Gasteiger charge is -2.15. The lowest BCUT2D eigenvalue weighted by atomic mass is 9.96. The molecule has 3 rings (SSSR count). The average molecular weight is 257 g/mol. The van der Waals surface area contributed by atoms with E-state index in [0.717, 1.165) is 31.4 Å². The molecule has 0 fully saturated rings. The number of hydrogen-bond acceptors (Lipinski definition) is 2. The fourth-order valence-electron chi connectivity index (χ4n) is 2.94. The van der Waals surface area contributed by atoms with Crippen LogP contribution in [0.5, 0.6) is 0 Å². The monoisotopic (exact) mass is 257 g/mol. The summed E-state index contributed by atoms with van der Waals surface area (Å²) in [7, 11) is 1.94. The summed E-state index contributed by atoms with van der Waals surface area (Å²) in [6, 6.07) is 2.06. The molecule has 0 aliphatic heterocycles. The van der Waals surface area contributed by atoms with E-state index in [1.807, 2.05) is 17.9 Å². The number of ketones is 1. The van der Waals surface area contributed by atoms with Crippen LogP contribution in [0.2, 0.25) is 0 Å². The number of hydrogen-bond donors (Lipinski definition) is 0. The molecule has 0 saturated heterocycles. The van der Waals surface area contributed by atoms with Gasteiger partial charge in [-0.2, -0.15) is 5.10 Å². The molecule has 0 bridgehead atoms. The van der Waals surface area contributed by atoms with E-state index in [1.165, 1.54) is 17.0 Å². The molecule has 0 radical (unpaired) electrons. The predicted molar refractivity (Wildman–Crippen MR) is 73.3 cm³/mol. The standard InChI is InChI=1S/C15H19N3O/c1-11-8-13-14(4-3-5-15(13)19)18(11)7-6-12-9-16-17(2)10-12/h8-10H,3-7H2,1-2H3. The van der Waals surface area contributed by atoms with Crippen LogP contribution < -0.4 is 0 Å². The Morgan fingerprint density at radius 2 is 2.21 bits per heavy atom. The molecule has 4 nitrogen and oxygen atoms in total. The van der Waals surface area contributed by atoms with Gasteiger partial charge in [0, 0.05) is 43.2 Å². The van der Waals surface area contributed by atoms with Crippen molar-refractivity contribution in [1.82, 2.24) is 14.3 Å². The van der Waals surface area contributed by atoms with E-state index in [4.69, 9.17) is 0 Å². The van der Waals surface area contributed by atoms with Crippen molar-refractivity contribution in [3.8, 4) is 0 Å². The summed E-state index contributed by atoms with van der Waals surface area (Å²) < 4.78 is 4.14. The van der Waals surface area contributed by atoms with Gasteiger partial charge in [0.05, 0.1) is 6.20 Å². The number of carbonyl (C=O) groups excluding carboxylic acids is 1. The Balaban J connectivity index is 1.83. The van der Waals surface area contributed by atoms with Crippen LogP contribution >= 0.6 is 0 Å². The molecule has 100 valence electrons. The molecule has 0 saturated carbocycles. The van der Waals surface area contributed by atoms with Gasteiger partial charge in [0.1, 0.15) is 0 Å². The van der Waals surface area contributed by atoms with Crippen molar-refractivity contribution in [2.24, 2.45) is 7.05 Å². The van der Waals surface area contributed by atoms with E-state index in [1.54, 1.807) is 0 Å². The molecule has 0 spiro atoms. The highest BCUT2D eigenvalue weighted by Crippen LogP contribution is 2.25. The Bertz CT molecular complexity index is 621. The molecule has 0 atom stereocenters. The molecular formula is C15H19N3O. The van der Waals surface area contributed by atoms with Crippen LogP contribution in [-0.4, -0.2) is 20.1 Å². The summed E-state index contributed by atoms with van der Waals surface area (Å²) >= 11 is 0. The number of aromatic nitrogens is 3. The second kappa shape index (κ2) is 4.68. The molecule has 1 aliphatic rings. The van der Waals surface area contributed by atoms with Gasteiger partial charge in [-0.25, -0.2) is 0 Å². The second-order valence-electron chi connectivity index (χ2n) is 5.35. The molecular weight excluding hydrogens is 238 g/mol. The van der Waals surface area contributed by atoms with Gasteiger partial charge in [-0.1, -0.05) is 0 Å². The molecule has 0 aromatic carbocycles. The van der Waals surface area contributed by atoms with Gasteiger partial charge in [-0.05, 0) is 37.8 Å². The van der Waals surface area contributed by atoms with Crippen molar-refractivity contribution in [2.45, 2.75) is 39.2 Å². The lowest BCUT2D eigenvalue weighted by Crippen LogP contribution is -2.14. The number of rotatable bonds is 3. The van der Waals surface area contributed by atoms with Crippen molar-refractivity contribution in [3.63, 3.8) is 0 Å². The normalized spacial score (nSPS) is 14.7. The van der Waals surface area contributed by atoms with Gasteiger partial charge in [0.2, 0.25) is 0 Å². The van der Waals surface area contributed by atoms with Crippen LogP contribution in [-0.2, 0) is 26.4 Å². The van der Waals surface area contributed by atoms with E-state index in [9.17, 15) is 4.79 Å². The van der Waals surface area contributed by atoms with Gasteiger partial charge < -0.3 is 4.57 Å². The highest BCUT2D eigenvalue weighted by Gasteiger charge is 2.22. The number of nitrogens with zero attached hydrogens (tertiary/aromatic N) is 3. The van der Waals surface area contributed by atoms with Crippen molar-refractivity contribution in [2.75, 3.05) is 0 Å². The van der Waals surface area contributed by atoms with Crippen molar-refractivity contribution in [1.29, 1.82) is 0 Å². The topological polar surface area (TPSA) is 39.8 Å². The maximum Gasteiger partial charge on any atom is 0.164 e. The van der Waals surface area contributed by atoms with Gasteiger partial charge in [0.25, 0.3) is 0 Å². The zero-order chi connectivity index (χ0) is 13.4. The van der Waals surface area contributed by atoms with E-state index >= 15 is 0 Å². The summed E-state index contributed by atoms with van der Waals surface area (Å²) in [5, 5.41) is 4.19. The first-order valence-electron chi connectivity index (χ1n) is 6.85. The average Bonchev–Trinajstić information content (AvgIpc) is 2.92. The van der Waals surface area contributed by atoms with Crippen LogP contribution in [0, 0.1) is 6.92 Å². The lowest BCUT2D eigenvalue weighted by molar-refractivity contribution is 0.0972. The first-order valence-corrected chi connectivity index (χ1v) is 6.85. The summed E-state index contributed by atoms with van der Waals surface area (Å²) in [6.45, 7) is 3.02. The Hall–Kier alpha value is -1.84. The fraction of sp³-hybridized carbons (Fsp3) is 0.467. The van der Waals surface area contributed by atoms with E-state index in [0.29, 0.717) is 12.2 Å².